The van der Waals surface area contributed by atoms with Crippen LogP contribution in [-0.4, -0.2) is 61.4 Å². The van der Waals surface area contributed by atoms with E-state index in [0.717, 1.165) is 34.8 Å². The van der Waals surface area contributed by atoms with Gasteiger partial charge >= 0.3 is 0 Å². The van der Waals surface area contributed by atoms with Gasteiger partial charge in [0.05, 0.1) is 16.8 Å². The minimum Gasteiger partial charge on any atom is -0.334 e. The molecule has 1 aromatic carbocycles. The Bertz CT molecular complexity index is 1350. The van der Waals surface area contributed by atoms with Crippen LogP contribution < -0.4 is 5.32 Å². The fraction of sp³-hybridized carbons (Fsp3) is 0.400. The molecule has 4 aliphatic rings. The molecule has 2 aromatic rings. The molecule has 35 heavy (non-hydrogen) atoms. The van der Waals surface area contributed by atoms with Crippen LogP contribution in [0.2, 0.25) is 0 Å². The van der Waals surface area contributed by atoms with Crippen LogP contribution in [0.4, 0.5) is 0 Å². The highest BCUT2D eigenvalue weighted by Crippen LogP contribution is 2.38. The Morgan fingerprint density at radius 1 is 1.09 bits per heavy atom. The molecule has 1 atom stereocenters. The average Bonchev–Trinajstić information content (AvgIpc) is 3.67. The lowest BCUT2D eigenvalue weighted by Gasteiger charge is -2.38. The third-order valence-corrected chi connectivity index (χ3v) is 7.39. The first-order chi connectivity index (χ1) is 16.8. The maximum absolute atomic E-state index is 13.3. The van der Waals surface area contributed by atoms with Crippen molar-refractivity contribution in [2.75, 3.05) is 6.54 Å². The predicted octanol–water partition coefficient (Wildman–Crippen LogP) is 1.34. The maximum Gasteiger partial charge on any atom is 0.262 e. The molecule has 1 unspecified atom stereocenters. The van der Waals surface area contributed by atoms with Gasteiger partial charge in [0, 0.05) is 49.2 Å². The highest BCUT2D eigenvalue weighted by atomic mass is 16.2. The topological polar surface area (TPSA) is 130 Å². The summed E-state index contributed by atoms with van der Waals surface area (Å²) in [6, 6.07) is 4.42. The number of fused-ring (bicyclic) bond motifs is 2. The number of imide groups is 2. The first kappa shape index (κ1) is 21.6. The number of carbonyl (C=O) groups is 5. The van der Waals surface area contributed by atoms with Crippen LogP contribution in [0.3, 0.4) is 0 Å². The Morgan fingerprint density at radius 3 is 2.60 bits per heavy atom. The van der Waals surface area contributed by atoms with E-state index in [9.17, 15) is 24.0 Å². The molecular formula is C25H23N5O5. The van der Waals surface area contributed by atoms with Crippen molar-refractivity contribution in [3.8, 4) is 0 Å². The number of piperidine rings is 1. The van der Waals surface area contributed by atoms with Gasteiger partial charge in [-0.05, 0) is 44.4 Å². The van der Waals surface area contributed by atoms with Gasteiger partial charge in [0.1, 0.15) is 11.4 Å². The van der Waals surface area contributed by atoms with Gasteiger partial charge in [-0.25, -0.2) is 9.97 Å². The van der Waals surface area contributed by atoms with E-state index in [1.807, 2.05) is 0 Å². The highest BCUT2D eigenvalue weighted by molar-refractivity contribution is 6.24. The van der Waals surface area contributed by atoms with Gasteiger partial charge in [-0.3, -0.25) is 34.2 Å². The highest BCUT2D eigenvalue weighted by Gasteiger charge is 2.52. The first-order valence-corrected chi connectivity index (χ1v) is 11.8. The Hall–Kier alpha value is -3.95. The monoisotopic (exact) mass is 473 g/mol. The van der Waals surface area contributed by atoms with Crippen molar-refractivity contribution >= 4 is 29.5 Å². The summed E-state index contributed by atoms with van der Waals surface area (Å²) in [6.45, 7) is 2.35. The molecule has 0 radical (unpaired) electrons. The first-order valence-electron chi connectivity index (χ1n) is 11.8. The zero-order chi connectivity index (χ0) is 24.5. The number of nitrogens with one attached hydrogen (secondary N) is 1. The van der Waals surface area contributed by atoms with Gasteiger partial charge in [0.25, 0.3) is 23.6 Å². The second kappa shape index (κ2) is 7.53. The van der Waals surface area contributed by atoms with Gasteiger partial charge in [-0.1, -0.05) is 0 Å². The van der Waals surface area contributed by atoms with Gasteiger partial charge < -0.3 is 4.90 Å². The standard InChI is InChI=1S/C25H23N5O5/c1-25(8-6-19(31)28-24(25)35)30-22(33)16-5-4-14(10-17(16)23(30)34)21(32)29-9-7-18-15(12-29)11-26-20(27-18)13-2-3-13/h4-5,10-11,13H,2-3,6-9,12H2,1H3,(H,28,31,35). The lowest BCUT2D eigenvalue weighted by molar-refractivity contribution is -0.140. The van der Waals surface area contributed by atoms with Crippen molar-refractivity contribution in [1.29, 1.82) is 0 Å². The van der Waals surface area contributed by atoms with Gasteiger partial charge in [-0.2, -0.15) is 0 Å². The molecule has 1 N–H and O–H groups in total. The predicted molar refractivity (Wildman–Crippen MR) is 120 cm³/mol. The summed E-state index contributed by atoms with van der Waals surface area (Å²) in [5, 5.41) is 2.21. The zero-order valence-electron chi connectivity index (χ0n) is 19.2. The van der Waals surface area contributed by atoms with E-state index >= 15 is 0 Å². The van der Waals surface area contributed by atoms with E-state index in [-0.39, 0.29) is 29.9 Å². The number of hydrogen-bond acceptors (Lipinski definition) is 7. The summed E-state index contributed by atoms with van der Waals surface area (Å²) in [7, 11) is 0. The second-order valence-electron chi connectivity index (χ2n) is 9.81. The third kappa shape index (κ3) is 3.35. The van der Waals surface area contributed by atoms with Gasteiger partial charge in [-0.15, -0.1) is 0 Å². The minimum atomic E-state index is -1.47. The molecule has 10 nitrogen and oxygen atoms in total. The van der Waals surface area contributed by atoms with E-state index in [0.29, 0.717) is 31.0 Å². The lowest BCUT2D eigenvalue weighted by Crippen LogP contribution is -2.62. The minimum absolute atomic E-state index is 0.0294. The Morgan fingerprint density at radius 2 is 1.86 bits per heavy atom. The fourth-order valence-corrected chi connectivity index (χ4v) is 5.06. The van der Waals surface area contributed by atoms with Crippen molar-refractivity contribution in [1.82, 2.24) is 25.1 Å². The summed E-state index contributed by atoms with van der Waals surface area (Å²) < 4.78 is 0. The molecule has 1 saturated carbocycles. The molecule has 1 aromatic heterocycles. The Balaban J connectivity index is 1.24. The molecule has 2 fully saturated rings. The molecule has 10 heteroatoms. The summed E-state index contributed by atoms with van der Waals surface area (Å²) in [5.74, 6) is -1.26. The molecule has 4 heterocycles. The van der Waals surface area contributed by atoms with E-state index in [1.165, 1.54) is 25.1 Å². The smallest absolute Gasteiger partial charge is 0.262 e. The van der Waals surface area contributed by atoms with E-state index in [4.69, 9.17) is 0 Å². The number of hydrogen-bond donors (Lipinski definition) is 1. The van der Waals surface area contributed by atoms with Crippen LogP contribution in [0.1, 0.15) is 86.7 Å². The Kier molecular flexibility index (Phi) is 4.64. The molecular weight excluding hydrogens is 450 g/mol. The Labute approximate surface area is 200 Å². The summed E-state index contributed by atoms with van der Waals surface area (Å²) in [6.07, 6.45) is 4.77. The molecule has 5 amide bonds. The van der Waals surface area contributed by atoms with Crippen molar-refractivity contribution in [2.45, 2.75) is 57.0 Å². The number of nitrogens with zero attached hydrogens (tertiary/aromatic N) is 4. The van der Waals surface area contributed by atoms with E-state index < -0.39 is 29.2 Å². The van der Waals surface area contributed by atoms with Crippen LogP contribution in [0.15, 0.2) is 24.4 Å². The zero-order valence-corrected chi connectivity index (χ0v) is 19.2. The quantitative estimate of drug-likeness (QED) is 0.666. The van der Waals surface area contributed by atoms with E-state index in [2.05, 4.69) is 15.3 Å². The summed E-state index contributed by atoms with van der Waals surface area (Å²) in [5.41, 5.74) is 0.941. The average molecular weight is 473 g/mol. The number of amides is 5. The molecule has 6 rings (SSSR count). The largest absolute Gasteiger partial charge is 0.334 e. The number of aromatic nitrogens is 2. The van der Waals surface area contributed by atoms with Gasteiger partial charge in [0.2, 0.25) is 5.91 Å². The molecule has 0 bridgehead atoms. The molecule has 1 aliphatic carbocycles. The van der Waals surface area contributed by atoms with E-state index in [1.54, 1.807) is 11.1 Å². The summed E-state index contributed by atoms with van der Waals surface area (Å²) in [4.78, 5) is 75.5. The van der Waals surface area contributed by atoms with Crippen LogP contribution in [0.5, 0.6) is 0 Å². The van der Waals surface area contributed by atoms with Crippen LogP contribution >= 0.6 is 0 Å². The fourth-order valence-electron chi connectivity index (χ4n) is 5.06. The molecule has 3 aliphatic heterocycles. The summed E-state index contributed by atoms with van der Waals surface area (Å²) >= 11 is 0. The molecule has 178 valence electrons. The van der Waals surface area contributed by atoms with Crippen LogP contribution in [0.25, 0.3) is 0 Å². The third-order valence-electron chi connectivity index (χ3n) is 7.39. The van der Waals surface area contributed by atoms with Crippen LogP contribution in [0, 0.1) is 0 Å². The maximum atomic E-state index is 13.3. The normalized spacial score (nSPS) is 23.8. The van der Waals surface area contributed by atoms with Crippen molar-refractivity contribution in [2.24, 2.45) is 0 Å². The molecule has 1 saturated heterocycles. The number of rotatable bonds is 3. The van der Waals surface area contributed by atoms with Crippen molar-refractivity contribution in [3.05, 3.63) is 58.2 Å². The van der Waals surface area contributed by atoms with Crippen molar-refractivity contribution in [3.63, 3.8) is 0 Å². The molecule has 0 spiro atoms. The SMILES string of the molecule is CC1(N2C(=O)c3ccc(C(=O)N4CCc5nc(C6CC6)ncc5C4)cc3C2=O)CCC(=O)NC1=O. The lowest BCUT2D eigenvalue weighted by atomic mass is 9.89. The van der Waals surface area contributed by atoms with Crippen LogP contribution in [-0.2, 0) is 22.6 Å². The number of carbonyl (C=O) groups excluding carboxylic acids is 5. The van der Waals surface area contributed by atoms with Gasteiger partial charge in [0.15, 0.2) is 0 Å². The number of benzene rings is 1. The second-order valence-corrected chi connectivity index (χ2v) is 9.81. The van der Waals surface area contributed by atoms with Crippen molar-refractivity contribution < 1.29 is 24.0 Å².